The van der Waals surface area contributed by atoms with Crippen molar-refractivity contribution in [2.24, 2.45) is 0 Å². The highest BCUT2D eigenvalue weighted by Gasteiger charge is 2.23. The van der Waals surface area contributed by atoms with Crippen molar-refractivity contribution >= 4 is 16.9 Å². The highest BCUT2D eigenvalue weighted by Crippen LogP contribution is 2.32. The lowest BCUT2D eigenvalue weighted by Crippen LogP contribution is -2.26. The van der Waals surface area contributed by atoms with E-state index in [1.165, 1.54) is 69.9 Å². The van der Waals surface area contributed by atoms with Gasteiger partial charge >= 0.3 is 5.97 Å². The van der Waals surface area contributed by atoms with E-state index in [4.69, 9.17) is 4.74 Å². The third-order valence-electron chi connectivity index (χ3n) is 7.43. The van der Waals surface area contributed by atoms with Crippen molar-refractivity contribution in [2.75, 3.05) is 13.6 Å². The number of likely N-dealkylation sites (tertiary alicyclic amines) is 1. The molecule has 0 saturated carbocycles. The number of rotatable bonds is 17. The lowest BCUT2D eigenvalue weighted by molar-refractivity contribution is -0.134. The zero-order chi connectivity index (χ0) is 25.4. The number of esters is 1. The van der Waals surface area contributed by atoms with E-state index in [-0.39, 0.29) is 5.97 Å². The summed E-state index contributed by atoms with van der Waals surface area (Å²) in [6.07, 6.45) is 28.3. The van der Waals surface area contributed by atoms with Crippen molar-refractivity contribution in [3.63, 3.8) is 0 Å². The van der Waals surface area contributed by atoms with Crippen molar-refractivity contribution in [1.82, 2.24) is 9.88 Å². The zero-order valence-corrected chi connectivity index (χ0v) is 22.8. The van der Waals surface area contributed by atoms with Gasteiger partial charge in [0.25, 0.3) is 0 Å². The Morgan fingerprint density at radius 1 is 1.03 bits per heavy atom. The Bertz CT molecular complexity index is 958. The number of allylic oxidation sites excluding steroid dienone is 4. The second kappa shape index (κ2) is 16.4. The second-order valence-electron chi connectivity index (χ2n) is 10.4. The number of H-pyrrole nitrogens is 1. The Morgan fingerprint density at radius 3 is 2.53 bits per heavy atom. The first-order chi connectivity index (χ1) is 17.7. The minimum Gasteiger partial charge on any atom is -0.426 e. The van der Waals surface area contributed by atoms with Crippen LogP contribution >= 0.6 is 0 Å². The van der Waals surface area contributed by atoms with E-state index in [9.17, 15) is 4.79 Å². The maximum Gasteiger partial charge on any atom is 0.311 e. The zero-order valence-electron chi connectivity index (χ0n) is 22.8. The van der Waals surface area contributed by atoms with Gasteiger partial charge in [-0.25, -0.2) is 0 Å². The van der Waals surface area contributed by atoms with Gasteiger partial charge in [0.05, 0.1) is 0 Å². The van der Waals surface area contributed by atoms with Crippen LogP contribution in [0.1, 0.15) is 102 Å². The molecule has 1 aromatic carbocycles. The summed E-state index contributed by atoms with van der Waals surface area (Å²) in [4.78, 5) is 18.4. The molecule has 4 nitrogen and oxygen atoms in total. The number of carbonyl (C=O) groups excluding carboxylic acids is 1. The van der Waals surface area contributed by atoms with E-state index in [1.54, 1.807) is 0 Å². The molecule has 1 aliphatic heterocycles. The summed E-state index contributed by atoms with van der Waals surface area (Å²) in [7, 11) is 2.21. The highest BCUT2D eigenvalue weighted by molar-refractivity contribution is 5.91. The standard InChI is InChI=1S/C32H48N2O2/c1-3-4-5-6-7-8-9-10-11-12-13-14-15-16-17-23-31(35)36-30-22-18-21-29-32(30)27(26-33-29)25-28-20-19-24-34(28)2/h7-8,10-11,18,21-22,26,28,33H,3-6,9,12-17,19-20,23-25H2,1-2H3/b8-7-,11-10-/t28-/m1/s1. The van der Waals surface area contributed by atoms with Gasteiger partial charge in [0.2, 0.25) is 0 Å². The molecule has 36 heavy (non-hydrogen) atoms. The first-order valence-electron chi connectivity index (χ1n) is 14.5. The van der Waals surface area contributed by atoms with Crippen LogP contribution in [-0.4, -0.2) is 35.5 Å². The van der Waals surface area contributed by atoms with E-state index in [1.807, 2.05) is 12.1 Å². The molecule has 2 heterocycles. The van der Waals surface area contributed by atoms with Crippen LogP contribution in [0.3, 0.4) is 0 Å². The Labute approximate surface area is 219 Å². The van der Waals surface area contributed by atoms with Crippen LogP contribution in [0.4, 0.5) is 0 Å². The van der Waals surface area contributed by atoms with Crippen LogP contribution in [0, 0.1) is 0 Å². The van der Waals surface area contributed by atoms with Gasteiger partial charge in [-0.05, 0) is 89.1 Å². The summed E-state index contributed by atoms with van der Waals surface area (Å²) in [5.41, 5.74) is 2.30. The van der Waals surface area contributed by atoms with Crippen LogP contribution in [0.2, 0.25) is 0 Å². The first-order valence-corrected chi connectivity index (χ1v) is 14.5. The molecule has 0 unspecified atom stereocenters. The lowest BCUT2D eigenvalue weighted by atomic mass is 10.0. The fraction of sp³-hybridized carbons (Fsp3) is 0.594. The topological polar surface area (TPSA) is 45.3 Å². The maximum absolute atomic E-state index is 12.6. The van der Waals surface area contributed by atoms with Gasteiger partial charge in [-0.3, -0.25) is 4.79 Å². The van der Waals surface area contributed by atoms with Gasteiger partial charge in [0, 0.05) is 29.6 Å². The molecule has 3 rings (SSSR count). The van der Waals surface area contributed by atoms with E-state index in [2.05, 4.69) is 60.4 Å². The van der Waals surface area contributed by atoms with Crippen LogP contribution in [-0.2, 0) is 11.2 Å². The number of aromatic amines is 1. The number of unbranched alkanes of at least 4 members (excludes halogenated alkanes) is 8. The van der Waals surface area contributed by atoms with Gasteiger partial charge in [0.1, 0.15) is 5.75 Å². The Balaban J connectivity index is 1.29. The van der Waals surface area contributed by atoms with Gasteiger partial charge in [0.15, 0.2) is 0 Å². The Hall–Kier alpha value is -2.33. The smallest absolute Gasteiger partial charge is 0.311 e. The average Bonchev–Trinajstić information content (AvgIpc) is 3.48. The highest BCUT2D eigenvalue weighted by atomic mass is 16.5. The molecule has 1 fully saturated rings. The molecule has 1 aliphatic rings. The van der Waals surface area contributed by atoms with Crippen molar-refractivity contribution < 1.29 is 9.53 Å². The Kier molecular flexibility index (Phi) is 12.9. The molecule has 198 valence electrons. The lowest BCUT2D eigenvalue weighted by Gasteiger charge is -2.19. The van der Waals surface area contributed by atoms with E-state index < -0.39 is 0 Å². The number of carbonyl (C=O) groups is 1. The van der Waals surface area contributed by atoms with Gasteiger partial charge in [-0.1, -0.05) is 69.4 Å². The minimum atomic E-state index is -0.113. The summed E-state index contributed by atoms with van der Waals surface area (Å²) in [6, 6.07) is 6.53. The molecule has 1 aromatic heterocycles. The number of likely N-dealkylation sites (N-methyl/N-ethyl adjacent to an activating group) is 1. The van der Waals surface area contributed by atoms with E-state index >= 15 is 0 Å². The minimum absolute atomic E-state index is 0.113. The summed E-state index contributed by atoms with van der Waals surface area (Å²) in [5, 5.41) is 1.08. The number of hydrogen-bond acceptors (Lipinski definition) is 3. The molecule has 2 aromatic rings. The number of benzene rings is 1. The van der Waals surface area contributed by atoms with Crippen LogP contribution in [0.25, 0.3) is 10.9 Å². The van der Waals surface area contributed by atoms with Crippen molar-refractivity contribution in [3.05, 3.63) is 54.3 Å². The monoisotopic (exact) mass is 492 g/mol. The van der Waals surface area contributed by atoms with Gasteiger partial charge in [-0.15, -0.1) is 0 Å². The molecule has 0 aliphatic carbocycles. The Morgan fingerprint density at radius 2 is 1.78 bits per heavy atom. The summed E-state index contributed by atoms with van der Waals surface area (Å²) >= 11 is 0. The van der Waals surface area contributed by atoms with E-state index in [0.717, 1.165) is 43.0 Å². The third-order valence-corrected chi connectivity index (χ3v) is 7.43. The van der Waals surface area contributed by atoms with Crippen LogP contribution in [0.5, 0.6) is 5.75 Å². The molecular formula is C32H48N2O2. The second-order valence-corrected chi connectivity index (χ2v) is 10.4. The molecule has 0 amide bonds. The number of nitrogens with one attached hydrogen (secondary N) is 1. The van der Waals surface area contributed by atoms with Crippen LogP contribution < -0.4 is 4.74 Å². The molecular weight excluding hydrogens is 444 g/mol. The third kappa shape index (κ3) is 9.61. The molecule has 1 saturated heterocycles. The summed E-state index contributed by atoms with van der Waals surface area (Å²) < 4.78 is 5.85. The molecule has 1 N–H and O–H groups in total. The summed E-state index contributed by atoms with van der Waals surface area (Å²) in [5.74, 6) is 0.593. The normalized spacial score (nSPS) is 16.7. The number of fused-ring (bicyclic) bond motifs is 1. The number of hydrogen-bond donors (Lipinski definition) is 1. The SMILES string of the molecule is CCCCC/C=C\C/C=C\CCCCCCCC(=O)Oc1cccc2[nH]cc(C[C@H]3CCCN3C)c12. The van der Waals surface area contributed by atoms with Gasteiger partial charge < -0.3 is 14.6 Å². The molecule has 4 heteroatoms. The quantitative estimate of drug-likeness (QED) is 0.104. The van der Waals surface area contributed by atoms with E-state index in [0.29, 0.717) is 18.2 Å². The maximum atomic E-state index is 12.6. The number of nitrogens with zero attached hydrogens (tertiary/aromatic N) is 1. The molecule has 1 atom stereocenters. The average molecular weight is 493 g/mol. The number of ether oxygens (including phenoxy) is 1. The van der Waals surface area contributed by atoms with Crippen molar-refractivity contribution in [1.29, 1.82) is 0 Å². The fourth-order valence-corrected chi connectivity index (χ4v) is 5.21. The predicted molar refractivity (Wildman–Crippen MR) is 153 cm³/mol. The number of aromatic nitrogens is 1. The van der Waals surface area contributed by atoms with Crippen LogP contribution in [0.15, 0.2) is 48.7 Å². The molecule has 0 bridgehead atoms. The summed E-state index contributed by atoms with van der Waals surface area (Å²) in [6.45, 7) is 3.42. The fourth-order valence-electron chi connectivity index (χ4n) is 5.21. The predicted octanol–water partition coefficient (Wildman–Crippen LogP) is 8.52. The molecule has 0 radical (unpaired) electrons. The molecule has 0 spiro atoms. The first kappa shape index (κ1) is 28.2. The van der Waals surface area contributed by atoms with Crippen molar-refractivity contribution in [3.8, 4) is 5.75 Å². The largest absolute Gasteiger partial charge is 0.426 e. The van der Waals surface area contributed by atoms with Gasteiger partial charge in [-0.2, -0.15) is 0 Å². The van der Waals surface area contributed by atoms with Crippen molar-refractivity contribution in [2.45, 2.75) is 109 Å².